The minimum absolute atomic E-state index is 0.0341. The Morgan fingerprint density at radius 1 is 1.09 bits per heavy atom. The summed E-state index contributed by atoms with van der Waals surface area (Å²) in [7, 11) is 1.52. The lowest BCUT2D eigenvalue weighted by molar-refractivity contribution is 0.0954. The predicted octanol–water partition coefficient (Wildman–Crippen LogP) is 6.49. The summed E-state index contributed by atoms with van der Waals surface area (Å²) in [6.07, 6.45) is 2.32. The van der Waals surface area contributed by atoms with Crippen LogP contribution in [0.4, 0.5) is 4.39 Å². The number of ether oxygens (including phenoxy) is 3. The van der Waals surface area contributed by atoms with Gasteiger partial charge in [0.25, 0.3) is 5.91 Å². The van der Waals surface area contributed by atoms with Crippen LogP contribution < -0.4 is 19.6 Å². The maximum Gasteiger partial charge on any atom is 0.271 e. The third kappa shape index (κ3) is 6.80. The van der Waals surface area contributed by atoms with Gasteiger partial charge in [0, 0.05) is 21.2 Å². The van der Waals surface area contributed by atoms with Crippen LogP contribution in [0.5, 0.6) is 17.2 Å². The summed E-state index contributed by atoms with van der Waals surface area (Å²) < 4.78 is 32.2. The van der Waals surface area contributed by atoms with Crippen LogP contribution >= 0.6 is 31.9 Å². The Hall–Kier alpha value is -2.91. The quantitative estimate of drug-likeness (QED) is 0.215. The number of nitrogens with zero attached hydrogens (tertiary/aromatic N) is 1. The molecule has 9 heteroatoms. The number of methoxy groups -OCH3 is 1. The van der Waals surface area contributed by atoms with Gasteiger partial charge in [-0.25, -0.2) is 9.82 Å². The second kappa shape index (κ2) is 12.5. The molecule has 0 fully saturated rings. The molecule has 178 valence electrons. The highest BCUT2D eigenvalue weighted by molar-refractivity contribution is 9.11. The first-order valence-electron chi connectivity index (χ1n) is 10.4. The van der Waals surface area contributed by atoms with Gasteiger partial charge in [-0.15, -0.1) is 0 Å². The Kier molecular flexibility index (Phi) is 9.47. The number of amides is 1. The van der Waals surface area contributed by atoms with E-state index in [-0.39, 0.29) is 12.4 Å². The summed E-state index contributed by atoms with van der Waals surface area (Å²) in [5, 5.41) is 4.07. The fourth-order valence-electron chi connectivity index (χ4n) is 2.96. The van der Waals surface area contributed by atoms with Crippen molar-refractivity contribution in [3.63, 3.8) is 0 Å². The Morgan fingerprint density at radius 2 is 1.88 bits per heavy atom. The minimum Gasteiger partial charge on any atom is -0.493 e. The van der Waals surface area contributed by atoms with E-state index in [2.05, 4.69) is 42.4 Å². The third-order valence-corrected chi connectivity index (χ3v) is 5.67. The Balaban J connectivity index is 1.73. The topological polar surface area (TPSA) is 69.2 Å². The van der Waals surface area contributed by atoms with E-state index < -0.39 is 5.91 Å². The molecule has 0 aliphatic heterocycles. The van der Waals surface area contributed by atoms with Gasteiger partial charge in [-0.05, 0) is 58.7 Å². The first-order valence-corrected chi connectivity index (χ1v) is 12.0. The van der Waals surface area contributed by atoms with Gasteiger partial charge in [0.1, 0.15) is 18.2 Å². The van der Waals surface area contributed by atoms with E-state index in [0.717, 1.165) is 10.9 Å². The van der Waals surface area contributed by atoms with Gasteiger partial charge in [-0.1, -0.05) is 41.1 Å². The molecule has 0 saturated heterocycles. The monoisotopic (exact) mass is 592 g/mol. The number of benzene rings is 3. The molecule has 1 N–H and O–H groups in total. The summed E-state index contributed by atoms with van der Waals surface area (Å²) in [6.45, 7) is 2.59. The molecular formula is C25H23Br2FN2O4. The molecule has 3 rings (SSSR count). The number of hydrazone groups is 1. The second-order valence-electron chi connectivity index (χ2n) is 7.10. The lowest BCUT2D eigenvalue weighted by atomic mass is 10.2. The van der Waals surface area contributed by atoms with Crippen molar-refractivity contribution in [1.29, 1.82) is 0 Å². The number of hydrogen-bond acceptors (Lipinski definition) is 5. The van der Waals surface area contributed by atoms with Crippen LogP contribution in [0.1, 0.15) is 34.8 Å². The van der Waals surface area contributed by atoms with Gasteiger partial charge in [0.15, 0.2) is 11.5 Å². The van der Waals surface area contributed by atoms with Crippen molar-refractivity contribution < 1.29 is 23.4 Å². The zero-order chi connectivity index (χ0) is 24.5. The highest BCUT2D eigenvalue weighted by Crippen LogP contribution is 2.33. The molecule has 0 aromatic heterocycles. The third-order valence-electron chi connectivity index (χ3n) is 4.62. The minimum atomic E-state index is -0.417. The number of carbonyl (C=O) groups excluding carboxylic acids is 1. The molecule has 34 heavy (non-hydrogen) atoms. The van der Waals surface area contributed by atoms with Crippen LogP contribution in [0.15, 0.2) is 68.6 Å². The SMILES string of the molecule is CCCOc1ccc(C(=O)N/N=C/c2cc(Br)cc(Br)c2OCc2ccccc2F)cc1OC. The van der Waals surface area contributed by atoms with E-state index in [4.69, 9.17) is 14.2 Å². The van der Waals surface area contributed by atoms with Crippen LogP contribution in [-0.2, 0) is 6.61 Å². The lowest BCUT2D eigenvalue weighted by Crippen LogP contribution is -2.17. The van der Waals surface area contributed by atoms with Crippen LogP contribution in [0, 0.1) is 5.82 Å². The van der Waals surface area contributed by atoms with E-state index in [1.807, 2.05) is 6.92 Å². The van der Waals surface area contributed by atoms with Gasteiger partial charge in [0.05, 0.1) is 24.4 Å². The van der Waals surface area contributed by atoms with Gasteiger partial charge in [-0.3, -0.25) is 4.79 Å². The average molecular weight is 594 g/mol. The molecule has 0 atom stereocenters. The molecule has 0 aliphatic rings. The largest absolute Gasteiger partial charge is 0.493 e. The zero-order valence-electron chi connectivity index (χ0n) is 18.6. The highest BCUT2D eigenvalue weighted by Gasteiger charge is 2.13. The van der Waals surface area contributed by atoms with Gasteiger partial charge >= 0.3 is 0 Å². The summed E-state index contributed by atoms with van der Waals surface area (Å²) in [5.74, 6) is 0.729. The van der Waals surface area contributed by atoms with Crippen molar-refractivity contribution in [3.05, 3.63) is 86.1 Å². The van der Waals surface area contributed by atoms with E-state index in [1.54, 1.807) is 48.5 Å². The average Bonchev–Trinajstić information content (AvgIpc) is 2.82. The summed E-state index contributed by atoms with van der Waals surface area (Å²) in [5.41, 5.74) is 3.87. The van der Waals surface area contributed by atoms with Crippen molar-refractivity contribution in [2.45, 2.75) is 20.0 Å². The predicted molar refractivity (Wildman–Crippen MR) is 136 cm³/mol. The normalized spacial score (nSPS) is 10.9. The highest BCUT2D eigenvalue weighted by atomic mass is 79.9. The van der Waals surface area contributed by atoms with Crippen molar-refractivity contribution in [2.24, 2.45) is 5.10 Å². The van der Waals surface area contributed by atoms with Gasteiger partial charge in [0.2, 0.25) is 0 Å². The van der Waals surface area contributed by atoms with Crippen molar-refractivity contribution in [2.75, 3.05) is 13.7 Å². The van der Waals surface area contributed by atoms with Crippen molar-refractivity contribution in [1.82, 2.24) is 5.43 Å². The molecule has 1 amide bonds. The van der Waals surface area contributed by atoms with Crippen LogP contribution in [0.3, 0.4) is 0 Å². The molecule has 0 aliphatic carbocycles. The molecule has 0 radical (unpaired) electrons. The fraction of sp³-hybridized carbons (Fsp3) is 0.200. The molecule has 3 aromatic rings. The first-order chi connectivity index (χ1) is 16.4. The van der Waals surface area contributed by atoms with Crippen LogP contribution in [-0.4, -0.2) is 25.8 Å². The Morgan fingerprint density at radius 3 is 2.62 bits per heavy atom. The van der Waals surface area contributed by atoms with Crippen molar-refractivity contribution >= 4 is 44.0 Å². The molecule has 6 nitrogen and oxygen atoms in total. The number of hydrogen-bond donors (Lipinski definition) is 1. The van der Waals surface area contributed by atoms with E-state index in [0.29, 0.717) is 45.0 Å². The Bertz CT molecular complexity index is 1190. The molecule has 3 aromatic carbocycles. The molecule has 0 saturated carbocycles. The van der Waals surface area contributed by atoms with Crippen LogP contribution in [0.2, 0.25) is 0 Å². The second-order valence-corrected chi connectivity index (χ2v) is 8.87. The number of nitrogens with one attached hydrogen (secondary N) is 1. The molecule has 0 spiro atoms. The number of rotatable bonds is 10. The fourth-order valence-corrected chi connectivity index (χ4v) is 4.33. The van der Waals surface area contributed by atoms with E-state index in [9.17, 15) is 9.18 Å². The van der Waals surface area contributed by atoms with Gasteiger partial charge < -0.3 is 14.2 Å². The maximum absolute atomic E-state index is 14.0. The van der Waals surface area contributed by atoms with E-state index >= 15 is 0 Å². The Labute approximate surface area is 214 Å². The first kappa shape index (κ1) is 25.7. The van der Waals surface area contributed by atoms with E-state index in [1.165, 1.54) is 19.4 Å². The lowest BCUT2D eigenvalue weighted by Gasteiger charge is -2.13. The smallest absolute Gasteiger partial charge is 0.271 e. The molecule has 0 heterocycles. The summed E-state index contributed by atoms with van der Waals surface area (Å²) >= 11 is 6.90. The zero-order valence-corrected chi connectivity index (χ0v) is 21.8. The van der Waals surface area contributed by atoms with Crippen molar-refractivity contribution in [3.8, 4) is 17.2 Å². The summed E-state index contributed by atoms with van der Waals surface area (Å²) in [4.78, 5) is 12.6. The molecule has 0 bridgehead atoms. The summed E-state index contributed by atoms with van der Waals surface area (Å²) in [6, 6.07) is 14.9. The van der Waals surface area contributed by atoms with Crippen LogP contribution in [0.25, 0.3) is 0 Å². The maximum atomic E-state index is 14.0. The molecule has 0 unspecified atom stereocenters. The molecular weight excluding hydrogens is 571 g/mol. The number of carbonyl (C=O) groups is 1. The van der Waals surface area contributed by atoms with Gasteiger partial charge in [-0.2, -0.15) is 5.10 Å². The number of halogens is 3. The standard InChI is InChI=1S/C25H23Br2FN2O4/c1-3-10-33-22-9-8-16(12-23(22)32-2)25(31)30-29-14-18-11-19(26)13-20(27)24(18)34-15-17-6-4-5-7-21(17)28/h4-9,11-14H,3,10,15H2,1-2H3,(H,30,31)/b29-14+.